The average molecular weight is 155 g/mol. The first-order valence-corrected chi connectivity index (χ1v) is 3.42. The maximum Gasteiger partial charge on any atom is 0.485 e. The van der Waals surface area contributed by atoms with Crippen molar-refractivity contribution in [3.63, 3.8) is 0 Å². The third-order valence-electron chi connectivity index (χ3n) is 1.72. The summed E-state index contributed by atoms with van der Waals surface area (Å²) in [4.78, 5) is 12.3. The number of nitrogens with zero attached hydrogens (tertiary/aromatic N) is 1. The fourth-order valence-corrected chi connectivity index (χ4v) is 1.00. The van der Waals surface area contributed by atoms with Gasteiger partial charge in [-0.3, -0.25) is 4.79 Å². The molecule has 0 saturated heterocycles. The Kier molecular flexibility index (Phi) is 2.31. The van der Waals surface area contributed by atoms with Crippen LogP contribution in [0.5, 0.6) is 0 Å². The molecule has 0 bridgehead atoms. The average Bonchev–Trinajstić information content (AvgIpc) is 2.33. The SMILES string of the molecule is CC(=O)N1CC=C(B(O)O)C1. The van der Waals surface area contributed by atoms with Crippen LogP contribution in [0.25, 0.3) is 0 Å². The van der Waals surface area contributed by atoms with Gasteiger partial charge in [-0.05, 0) is 5.47 Å². The molecule has 0 spiro atoms. The molecule has 1 heterocycles. The van der Waals surface area contributed by atoms with Gasteiger partial charge in [0.1, 0.15) is 0 Å². The zero-order valence-corrected chi connectivity index (χ0v) is 6.32. The number of carbonyl (C=O) groups is 1. The molecule has 4 nitrogen and oxygen atoms in total. The van der Waals surface area contributed by atoms with Gasteiger partial charge in [-0.2, -0.15) is 0 Å². The third-order valence-corrected chi connectivity index (χ3v) is 1.72. The first-order valence-electron chi connectivity index (χ1n) is 3.42. The minimum absolute atomic E-state index is 0.0445. The van der Waals surface area contributed by atoms with Crippen molar-refractivity contribution in [1.82, 2.24) is 4.90 Å². The van der Waals surface area contributed by atoms with E-state index in [1.807, 2.05) is 0 Å². The number of hydrogen-bond donors (Lipinski definition) is 2. The molecule has 1 aliphatic heterocycles. The molecule has 2 N–H and O–H groups in total. The number of amides is 1. The molecule has 0 saturated carbocycles. The molecular weight excluding hydrogens is 145 g/mol. The molecule has 0 radical (unpaired) electrons. The molecule has 1 aliphatic rings. The van der Waals surface area contributed by atoms with Gasteiger partial charge in [-0.25, -0.2) is 0 Å². The van der Waals surface area contributed by atoms with Gasteiger partial charge in [0.2, 0.25) is 5.91 Å². The van der Waals surface area contributed by atoms with E-state index >= 15 is 0 Å². The van der Waals surface area contributed by atoms with Crippen LogP contribution in [-0.2, 0) is 4.79 Å². The van der Waals surface area contributed by atoms with Gasteiger partial charge in [0, 0.05) is 20.0 Å². The van der Waals surface area contributed by atoms with Crippen LogP contribution in [-0.4, -0.2) is 41.1 Å². The summed E-state index contributed by atoms with van der Waals surface area (Å²) in [6.45, 7) is 2.29. The summed E-state index contributed by atoms with van der Waals surface area (Å²) in [5.41, 5.74) is 0.500. The van der Waals surface area contributed by atoms with E-state index in [2.05, 4.69) is 0 Å². The highest BCUT2D eigenvalue weighted by Gasteiger charge is 2.23. The molecule has 0 aliphatic carbocycles. The lowest BCUT2D eigenvalue weighted by molar-refractivity contribution is -0.127. The molecule has 0 aromatic carbocycles. The summed E-state index contributed by atoms with van der Waals surface area (Å²) in [7, 11) is -1.42. The Morgan fingerprint density at radius 2 is 2.36 bits per heavy atom. The standard InChI is InChI=1S/C6H10BNO3/c1-5(9)8-3-2-6(4-8)7(10)11/h2,10-11H,3-4H2,1H3. The highest BCUT2D eigenvalue weighted by atomic mass is 16.4. The van der Waals surface area contributed by atoms with E-state index < -0.39 is 7.12 Å². The van der Waals surface area contributed by atoms with Crippen molar-refractivity contribution in [2.24, 2.45) is 0 Å². The van der Waals surface area contributed by atoms with E-state index in [-0.39, 0.29) is 5.91 Å². The second-order valence-corrected chi connectivity index (χ2v) is 2.55. The van der Waals surface area contributed by atoms with Crippen LogP contribution in [0, 0.1) is 0 Å². The number of carbonyl (C=O) groups excluding carboxylic acids is 1. The molecule has 0 aromatic rings. The Balaban J connectivity index is 2.49. The van der Waals surface area contributed by atoms with Crippen molar-refractivity contribution in [3.05, 3.63) is 11.5 Å². The van der Waals surface area contributed by atoms with Crippen molar-refractivity contribution >= 4 is 13.0 Å². The molecular formula is C6H10BNO3. The molecule has 60 valence electrons. The molecule has 0 atom stereocenters. The van der Waals surface area contributed by atoms with Gasteiger partial charge in [-0.15, -0.1) is 0 Å². The summed E-state index contributed by atoms with van der Waals surface area (Å²) < 4.78 is 0. The third kappa shape index (κ3) is 1.81. The minimum Gasteiger partial charge on any atom is -0.423 e. The van der Waals surface area contributed by atoms with Crippen LogP contribution in [0.15, 0.2) is 11.5 Å². The van der Waals surface area contributed by atoms with Gasteiger partial charge in [-0.1, -0.05) is 6.08 Å². The topological polar surface area (TPSA) is 60.8 Å². The molecule has 5 heteroatoms. The van der Waals surface area contributed by atoms with Gasteiger partial charge in [0.25, 0.3) is 0 Å². The first-order chi connectivity index (χ1) is 5.11. The van der Waals surface area contributed by atoms with Gasteiger partial charge < -0.3 is 14.9 Å². The highest BCUT2D eigenvalue weighted by molar-refractivity contribution is 6.51. The lowest BCUT2D eigenvalue weighted by Gasteiger charge is -2.12. The summed E-state index contributed by atoms with van der Waals surface area (Å²) in [6, 6.07) is 0. The summed E-state index contributed by atoms with van der Waals surface area (Å²) in [5.74, 6) is -0.0445. The zero-order chi connectivity index (χ0) is 8.43. The highest BCUT2D eigenvalue weighted by Crippen LogP contribution is 2.09. The molecule has 1 rings (SSSR count). The summed E-state index contributed by atoms with van der Waals surface area (Å²) in [6.07, 6.45) is 1.66. The predicted octanol–water partition coefficient (Wildman–Crippen LogP) is -1.21. The second kappa shape index (κ2) is 3.06. The van der Waals surface area contributed by atoms with Crippen molar-refractivity contribution in [3.8, 4) is 0 Å². The smallest absolute Gasteiger partial charge is 0.423 e. The van der Waals surface area contributed by atoms with E-state index in [0.717, 1.165) is 0 Å². The van der Waals surface area contributed by atoms with E-state index in [4.69, 9.17) is 10.0 Å². The van der Waals surface area contributed by atoms with Crippen LogP contribution < -0.4 is 0 Å². The summed E-state index contributed by atoms with van der Waals surface area (Å²) in [5, 5.41) is 17.4. The molecule has 0 aromatic heterocycles. The van der Waals surface area contributed by atoms with Gasteiger partial charge in [0.05, 0.1) is 0 Å². The monoisotopic (exact) mass is 155 g/mol. The van der Waals surface area contributed by atoms with Crippen molar-refractivity contribution < 1.29 is 14.8 Å². The first kappa shape index (κ1) is 8.29. The van der Waals surface area contributed by atoms with Crippen molar-refractivity contribution in [1.29, 1.82) is 0 Å². The van der Waals surface area contributed by atoms with Crippen LogP contribution in [0.4, 0.5) is 0 Å². The maximum atomic E-state index is 10.7. The van der Waals surface area contributed by atoms with Gasteiger partial charge >= 0.3 is 7.12 Å². The fraction of sp³-hybridized carbons (Fsp3) is 0.500. The molecule has 0 fully saturated rings. The molecule has 11 heavy (non-hydrogen) atoms. The summed E-state index contributed by atoms with van der Waals surface area (Å²) >= 11 is 0. The quantitative estimate of drug-likeness (QED) is 0.467. The lowest BCUT2D eigenvalue weighted by atomic mass is 9.80. The largest absolute Gasteiger partial charge is 0.485 e. The predicted molar refractivity (Wildman–Crippen MR) is 40.5 cm³/mol. The van der Waals surface area contributed by atoms with Crippen LogP contribution in [0.2, 0.25) is 0 Å². The number of rotatable bonds is 1. The zero-order valence-electron chi connectivity index (χ0n) is 6.32. The van der Waals surface area contributed by atoms with Gasteiger partial charge in [0.15, 0.2) is 0 Å². The maximum absolute atomic E-state index is 10.7. The van der Waals surface area contributed by atoms with E-state index in [1.54, 1.807) is 6.08 Å². The van der Waals surface area contributed by atoms with Crippen LogP contribution >= 0.6 is 0 Å². The Morgan fingerprint density at radius 3 is 2.64 bits per heavy atom. The Labute approximate surface area is 65.3 Å². The van der Waals surface area contributed by atoms with E-state index in [9.17, 15) is 4.79 Å². The van der Waals surface area contributed by atoms with E-state index in [1.165, 1.54) is 11.8 Å². The van der Waals surface area contributed by atoms with Crippen LogP contribution in [0.1, 0.15) is 6.92 Å². The second-order valence-electron chi connectivity index (χ2n) is 2.55. The Hall–Kier alpha value is -0.805. The van der Waals surface area contributed by atoms with E-state index in [0.29, 0.717) is 18.6 Å². The van der Waals surface area contributed by atoms with Crippen LogP contribution in [0.3, 0.4) is 0 Å². The molecule has 1 amide bonds. The van der Waals surface area contributed by atoms with Crippen molar-refractivity contribution in [2.45, 2.75) is 6.92 Å². The molecule has 0 unspecified atom stereocenters. The normalized spacial score (nSPS) is 16.6. The number of hydrogen-bond acceptors (Lipinski definition) is 3. The minimum atomic E-state index is -1.42. The fourth-order valence-electron chi connectivity index (χ4n) is 1.00. The lowest BCUT2D eigenvalue weighted by Crippen LogP contribution is -2.29. The van der Waals surface area contributed by atoms with Crippen molar-refractivity contribution in [2.75, 3.05) is 13.1 Å². The Morgan fingerprint density at radius 1 is 1.73 bits per heavy atom. The Bertz CT molecular complexity index is 202.